The molecular formula is C28H47N5O2. The van der Waals surface area contributed by atoms with E-state index >= 15 is 0 Å². The normalized spacial score (nSPS) is 10.8. The van der Waals surface area contributed by atoms with Crippen LogP contribution in [0, 0.1) is 0 Å². The van der Waals surface area contributed by atoms with E-state index in [9.17, 15) is 0 Å². The Bertz CT molecular complexity index is 831. The predicted octanol–water partition coefficient (Wildman–Crippen LogP) is 7.71. The van der Waals surface area contributed by atoms with Crippen LogP contribution in [0.15, 0.2) is 24.5 Å². The number of nitrogens with two attached hydrogens (primary N) is 1. The fraction of sp³-hybridized carbons (Fsp3) is 0.643. The van der Waals surface area contributed by atoms with Crippen molar-refractivity contribution in [2.24, 2.45) is 0 Å². The first-order valence-corrected chi connectivity index (χ1v) is 13.5. The number of anilines is 4. The highest BCUT2D eigenvalue weighted by Crippen LogP contribution is 2.33. The van der Waals surface area contributed by atoms with Gasteiger partial charge < -0.3 is 25.8 Å². The van der Waals surface area contributed by atoms with Crippen LogP contribution in [0.3, 0.4) is 0 Å². The van der Waals surface area contributed by atoms with Crippen molar-refractivity contribution in [1.82, 2.24) is 9.97 Å². The molecule has 7 heteroatoms. The van der Waals surface area contributed by atoms with E-state index in [4.69, 9.17) is 15.2 Å². The lowest BCUT2D eigenvalue weighted by Crippen LogP contribution is -2.09. The molecule has 0 aliphatic rings. The zero-order valence-corrected chi connectivity index (χ0v) is 22.2. The molecule has 196 valence electrons. The molecule has 7 nitrogen and oxygen atoms in total. The number of rotatable bonds is 20. The van der Waals surface area contributed by atoms with Gasteiger partial charge in [0.15, 0.2) is 11.6 Å². The summed E-state index contributed by atoms with van der Waals surface area (Å²) in [4.78, 5) is 8.61. The fourth-order valence-corrected chi connectivity index (χ4v) is 4.19. The summed E-state index contributed by atoms with van der Waals surface area (Å²) in [5.41, 5.74) is 7.58. The minimum absolute atomic E-state index is 0.496. The summed E-state index contributed by atoms with van der Waals surface area (Å²) in [5, 5.41) is 6.60. The fourth-order valence-electron chi connectivity index (χ4n) is 4.19. The molecule has 1 aromatic heterocycles. The van der Waals surface area contributed by atoms with Crippen LogP contribution in [0.2, 0.25) is 0 Å². The number of unbranched alkanes of at least 4 members (excludes halogenated alkanes) is 13. The minimum Gasteiger partial charge on any atom is -0.497 e. The van der Waals surface area contributed by atoms with E-state index in [1.165, 1.54) is 89.8 Å². The van der Waals surface area contributed by atoms with Gasteiger partial charge in [-0.15, -0.1) is 0 Å². The van der Waals surface area contributed by atoms with E-state index in [0.29, 0.717) is 23.1 Å². The summed E-state index contributed by atoms with van der Waals surface area (Å²) in [7, 11) is 3.24. The molecule has 0 bridgehead atoms. The average molecular weight is 486 g/mol. The number of aromatic nitrogens is 2. The Hall–Kier alpha value is -2.70. The molecule has 0 amide bonds. The minimum atomic E-state index is 0.496. The smallest absolute Gasteiger partial charge is 0.159 e. The number of hydrogen-bond acceptors (Lipinski definition) is 7. The molecular weight excluding hydrogens is 438 g/mol. The molecule has 0 saturated heterocycles. The van der Waals surface area contributed by atoms with Crippen molar-refractivity contribution < 1.29 is 9.47 Å². The zero-order valence-electron chi connectivity index (χ0n) is 22.2. The van der Waals surface area contributed by atoms with Crippen molar-refractivity contribution in [3.05, 3.63) is 24.5 Å². The summed E-state index contributed by atoms with van der Waals surface area (Å²) in [6.45, 7) is 3.13. The summed E-state index contributed by atoms with van der Waals surface area (Å²) in [6.07, 6.45) is 20.5. The van der Waals surface area contributed by atoms with Crippen LogP contribution in [-0.2, 0) is 0 Å². The lowest BCUT2D eigenvalue weighted by atomic mass is 10.0. The van der Waals surface area contributed by atoms with E-state index in [1.54, 1.807) is 14.2 Å². The summed E-state index contributed by atoms with van der Waals surface area (Å²) in [5.74, 6) is 2.58. The third-order valence-corrected chi connectivity index (χ3v) is 6.37. The number of methoxy groups -OCH3 is 2. The monoisotopic (exact) mass is 485 g/mol. The maximum Gasteiger partial charge on any atom is 0.159 e. The van der Waals surface area contributed by atoms with Crippen LogP contribution in [0.5, 0.6) is 11.5 Å². The predicted molar refractivity (Wildman–Crippen MR) is 148 cm³/mol. The molecule has 2 aromatic rings. The van der Waals surface area contributed by atoms with Crippen LogP contribution in [-0.4, -0.2) is 30.7 Å². The number of benzene rings is 1. The molecule has 0 radical (unpaired) electrons. The Morgan fingerprint density at radius 1 is 0.743 bits per heavy atom. The van der Waals surface area contributed by atoms with Gasteiger partial charge in [0.2, 0.25) is 0 Å². The lowest BCUT2D eigenvalue weighted by Gasteiger charge is -2.15. The van der Waals surface area contributed by atoms with Gasteiger partial charge in [0.25, 0.3) is 0 Å². The topological polar surface area (TPSA) is 94.3 Å². The van der Waals surface area contributed by atoms with E-state index in [0.717, 1.165) is 24.4 Å². The van der Waals surface area contributed by atoms with Gasteiger partial charge in [-0.3, -0.25) is 0 Å². The number of nitrogens with one attached hydrogen (secondary N) is 2. The average Bonchev–Trinajstić information content (AvgIpc) is 2.88. The van der Waals surface area contributed by atoms with Crippen LogP contribution in [0.4, 0.5) is 23.0 Å². The van der Waals surface area contributed by atoms with Gasteiger partial charge in [-0.2, -0.15) is 0 Å². The maximum atomic E-state index is 6.32. The molecule has 0 aliphatic heterocycles. The highest BCUT2D eigenvalue weighted by molar-refractivity contribution is 5.79. The molecule has 1 aromatic carbocycles. The molecule has 2 rings (SSSR count). The van der Waals surface area contributed by atoms with Gasteiger partial charge in [-0.25, -0.2) is 9.97 Å². The van der Waals surface area contributed by atoms with Gasteiger partial charge in [-0.05, 0) is 18.6 Å². The van der Waals surface area contributed by atoms with Crippen LogP contribution in [0.1, 0.15) is 96.8 Å². The maximum absolute atomic E-state index is 6.32. The van der Waals surface area contributed by atoms with Gasteiger partial charge >= 0.3 is 0 Å². The van der Waals surface area contributed by atoms with Crippen molar-refractivity contribution >= 4 is 23.0 Å². The van der Waals surface area contributed by atoms with Gasteiger partial charge in [0.1, 0.15) is 23.5 Å². The highest BCUT2D eigenvalue weighted by Gasteiger charge is 2.11. The van der Waals surface area contributed by atoms with Crippen LogP contribution in [0.25, 0.3) is 0 Å². The van der Waals surface area contributed by atoms with Crippen molar-refractivity contribution in [3.63, 3.8) is 0 Å². The molecule has 0 unspecified atom stereocenters. The third-order valence-electron chi connectivity index (χ3n) is 6.37. The number of ether oxygens (including phenoxy) is 2. The summed E-state index contributed by atoms with van der Waals surface area (Å²) < 4.78 is 10.7. The Labute approximate surface area is 212 Å². The molecule has 0 saturated carbocycles. The second-order valence-corrected chi connectivity index (χ2v) is 9.20. The molecule has 0 fully saturated rings. The van der Waals surface area contributed by atoms with Gasteiger partial charge in [0.05, 0.1) is 19.9 Å². The third kappa shape index (κ3) is 11.1. The number of nitrogens with zero attached hydrogens (tertiary/aromatic N) is 2. The number of nitrogen functional groups attached to an aromatic ring is 1. The van der Waals surface area contributed by atoms with Crippen molar-refractivity contribution in [2.75, 3.05) is 37.1 Å². The first-order valence-electron chi connectivity index (χ1n) is 13.5. The van der Waals surface area contributed by atoms with Gasteiger partial charge in [-0.1, -0.05) is 90.4 Å². The van der Waals surface area contributed by atoms with Crippen LogP contribution >= 0.6 is 0 Å². The Morgan fingerprint density at radius 2 is 1.31 bits per heavy atom. The van der Waals surface area contributed by atoms with Gasteiger partial charge in [0, 0.05) is 12.6 Å². The SMILES string of the molecule is CCCCCCCCCCCCCCCCNc1ncnc(Nc2ccc(OC)cc2OC)c1N. The Morgan fingerprint density at radius 3 is 1.89 bits per heavy atom. The quantitative estimate of drug-likeness (QED) is 0.165. The van der Waals surface area contributed by atoms with E-state index in [-0.39, 0.29) is 0 Å². The lowest BCUT2D eigenvalue weighted by molar-refractivity contribution is 0.395. The van der Waals surface area contributed by atoms with E-state index in [1.807, 2.05) is 18.2 Å². The first-order chi connectivity index (χ1) is 17.2. The van der Waals surface area contributed by atoms with Crippen molar-refractivity contribution in [1.29, 1.82) is 0 Å². The Kier molecular flexibility index (Phi) is 14.4. The van der Waals surface area contributed by atoms with E-state index < -0.39 is 0 Å². The molecule has 1 heterocycles. The van der Waals surface area contributed by atoms with Crippen molar-refractivity contribution in [2.45, 2.75) is 96.8 Å². The second kappa shape index (κ2) is 17.7. The van der Waals surface area contributed by atoms with E-state index in [2.05, 4.69) is 27.5 Å². The standard InChI is InChI=1S/C28H47N5O2/c1-4-5-6-7-8-9-10-11-12-13-14-15-16-17-20-30-27-26(29)28(32-22-31-27)33-24-19-18-23(34-2)21-25(24)35-3/h18-19,21-22H,4-17,20,29H2,1-3H3,(H2,30,31,32,33). The molecule has 0 atom stereocenters. The highest BCUT2D eigenvalue weighted by atomic mass is 16.5. The summed E-state index contributed by atoms with van der Waals surface area (Å²) >= 11 is 0. The van der Waals surface area contributed by atoms with Crippen molar-refractivity contribution in [3.8, 4) is 11.5 Å². The largest absolute Gasteiger partial charge is 0.497 e. The molecule has 4 N–H and O–H groups in total. The Balaban J connectivity index is 1.60. The first kappa shape index (κ1) is 28.5. The van der Waals surface area contributed by atoms with Crippen LogP contribution < -0.4 is 25.8 Å². The molecule has 35 heavy (non-hydrogen) atoms. The second-order valence-electron chi connectivity index (χ2n) is 9.20. The summed E-state index contributed by atoms with van der Waals surface area (Å²) in [6, 6.07) is 5.55. The number of hydrogen-bond donors (Lipinski definition) is 3. The molecule has 0 aliphatic carbocycles. The molecule has 0 spiro atoms. The zero-order chi connectivity index (χ0) is 25.1.